The Bertz CT molecular complexity index is 973. The SMILES string of the molecule is O=C(CCCc1nc(-c2ccccc2Cl)no1)Nc1ccccc1[N+](=O)[O-]. The number of hydrogen-bond donors (Lipinski definition) is 1. The minimum atomic E-state index is -0.537. The number of nitrogens with one attached hydrogen (secondary N) is 1. The van der Waals surface area contributed by atoms with Crippen molar-refractivity contribution < 1.29 is 14.2 Å². The standard InChI is InChI=1S/C18H15ClN4O4/c19-13-7-2-1-6-12(13)18-21-17(27-22-18)11-5-10-16(24)20-14-8-3-4-9-15(14)23(25)26/h1-4,6-9H,5,10-11H2,(H,20,24). The second-order valence-electron chi connectivity index (χ2n) is 5.67. The number of benzene rings is 2. The van der Waals surface area contributed by atoms with E-state index in [4.69, 9.17) is 16.1 Å². The molecule has 3 rings (SSSR count). The predicted molar refractivity (Wildman–Crippen MR) is 99.4 cm³/mol. The lowest BCUT2D eigenvalue weighted by Crippen LogP contribution is -2.12. The summed E-state index contributed by atoms with van der Waals surface area (Å²) < 4.78 is 5.18. The highest BCUT2D eigenvalue weighted by Gasteiger charge is 2.15. The van der Waals surface area contributed by atoms with Crippen LogP contribution in [-0.4, -0.2) is 21.0 Å². The van der Waals surface area contributed by atoms with Gasteiger partial charge in [0.1, 0.15) is 5.69 Å². The number of hydrogen-bond acceptors (Lipinski definition) is 6. The molecule has 0 radical (unpaired) electrons. The van der Waals surface area contributed by atoms with E-state index in [1.165, 1.54) is 12.1 Å². The highest BCUT2D eigenvalue weighted by atomic mass is 35.5. The van der Waals surface area contributed by atoms with Crippen molar-refractivity contribution in [1.29, 1.82) is 0 Å². The minimum Gasteiger partial charge on any atom is -0.339 e. The Morgan fingerprint density at radius 1 is 1.19 bits per heavy atom. The first-order chi connectivity index (χ1) is 13.0. The van der Waals surface area contributed by atoms with Gasteiger partial charge in [0.05, 0.1) is 9.95 Å². The molecule has 0 saturated carbocycles. The van der Waals surface area contributed by atoms with Crippen LogP contribution in [0.5, 0.6) is 0 Å². The lowest BCUT2D eigenvalue weighted by molar-refractivity contribution is -0.383. The molecule has 1 N–H and O–H groups in total. The molecule has 8 nitrogen and oxygen atoms in total. The molecule has 2 aromatic carbocycles. The molecular formula is C18H15ClN4O4. The van der Waals surface area contributed by atoms with Crippen LogP contribution in [0.25, 0.3) is 11.4 Å². The molecular weight excluding hydrogens is 372 g/mol. The summed E-state index contributed by atoms with van der Waals surface area (Å²) in [5.74, 6) is 0.457. The van der Waals surface area contributed by atoms with Crippen molar-refractivity contribution in [3.05, 3.63) is 69.6 Å². The van der Waals surface area contributed by atoms with Crippen LogP contribution in [0.1, 0.15) is 18.7 Å². The molecule has 1 aromatic heterocycles. The first-order valence-electron chi connectivity index (χ1n) is 8.15. The molecule has 0 aliphatic heterocycles. The molecule has 0 unspecified atom stereocenters. The van der Waals surface area contributed by atoms with Gasteiger partial charge in [-0.1, -0.05) is 41.0 Å². The molecule has 0 spiro atoms. The molecule has 1 heterocycles. The van der Waals surface area contributed by atoms with Crippen molar-refractivity contribution in [2.75, 3.05) is 5.32 Å². The van der Waals surface area contributed by atoms with E-state index in [2.05, 4.69) is 15.5 Å². The number of halogens is 1. The summed E-state index contributed by atoms with van der Waals surface area (Å²) >= 11 is 6.10. The number of nitro benzene ring substituents is 1. The lowest BCUT2D eigenvalue weighted by Gasteiger charge is -2.05. The minimum absolute atomic E-state index is 0.146. The third-order valence-electron chi connectivity index (χ3n) is 3.75. The molecule has 0 saturated heterocycles. The van der Waals surface area contributed by atoms with Crippen LogP contribution in [0.15, 0.2) is 53.1 Å². The number of aromatic nitrogens is 2. The van der Waals surface area contributed by atoms with E-state index in [1.807, 2.05) is 12.1 Å². The predicted octanol–water partition coefficient (Wildman–Crippen LogP) is 4.26. The van der Waals surface area contributed by atoms with Gasteiger partial charge in [0.2, 0.25) is 17.6 Å². The third kappa shape index (κ3) is 4.68. The van der Waals surface area contributed by atoms with Crippen LogP contribution in [0.2, 0.25) is 5.02 Å². The van der Waals surface area contributed by atoms with Gasteiger partial charge in [-0.15, -0.1) is 0 Å². The number of carbonyl (C=O) groups excluding carboxylic acids is 1. The summed E-state index contributed by atoms with van der Waals surface area (Å²) in [6.45, 7) is 0. The van der Waals surface area contributed by atoms with Crippen molar-refractivity contribution in [3.63, 3.8) is 0 Å². The van der Waals surface area contributed by atoms with Crippen molar-refractivity contribution >= 4 is 28.9 Å². The summed E-state index contributed by atoms with van der Waals surface area (Å²) in [4.78, 5) is 26.7. The highest BCUT2D eigenvalue weighted by Crippen LogP contribution is 2.25. The fraction of sp³-hybridized carbons (Fsp3) is 0.167. The number of nitro groups is 1. The maximum Gasteiger partial charge on any atom is 0.292 e. The first kappa shape index (κ1) is 18.5. The molecule has 27 heavy (non-hydrogen) atoms. The Balaban J connectivity index is 1.54. The van der Waals surface area contributed by atoms with Gasteiger partial charge < -0.3 is 9.84 Å². The maximum absolute atomic E-state index is 12.0. The second-order valence-corrected chi connectivity index (χ2v) is 6.07. The molecule has 0 atom stereocenters. The quantitative estimate of drug-likeness (QED) is 0.479. The first-order valence-corrected chi connectivity index (χ1v) is 8.53. The summed E-state index contributed by atoms with van der Waals surface area (Å²) in [6, 6.07) is 13.1. The van der Waals surface area contributed by atoms with E-state index >= 15 is 0 Å². The smallest absolute Gasteiger partial charge is 0.292 e. The average Bonchev–Trinajstić information content (AvgIpc) is 3.11. The number of nitrogens with zero attached hydrogens (tertiary/aromatic N) is 3. The maximum atomic E-state index is 12.0. The van der Waals surface area contributed by atoms with Gasteiger partial charge in [-0.25, -0.2) is 0 Å². The summed E-state index contributed by atoms with van der Waals surface area (Å²) in [7, 11) is 0. The fourth-order valence-corrected chi connectivity index (χ4v) is 2.68. The summed E-state index contributed by atoms with van der Waals surface area (Å²) in [5.41, 5.74) is 0.696. The van der Waals surface area contributed by atoms with Gasteiger partial charge >= 0.3 is 0 Å². The van der Waals surface area contributed by atoms with E-state index in [0.717, 1.165) is 0 Å². The molecule has 138 valence electrons. The molecule has 3 aromatic rings. The zero-order chi connectivity index (χ0) is 19.2. The lowest BCUT2D eigenvalue weighted by atomic mass is 10.2. The van der Waals surface area contributed by atoms with E-state index in [0.29, 0.717) is 35.1 Å². The molecule has 9 heteroatoms. The fourth-order valence-electron chi connectivity index (χ4n) is 2.46. The second kappa shape index (κ2) is 8.41. The Labute approximate surface area is 159 Å². The Kier molecular flexibility index (Phi) is 5.77. The topological polar surface area (TPSA) is 111 Å². The van der Waals surface area contributed by atoms with E-state index < -0.39 is 4.92 Å². The van der Waals surface area contributed by atoms with Crippen molar-refractivity contribution in [1.82, 2.24) is 10.1 Å². The molecule has 0 aliphatic carbocycles. The monoisotopic (exact) mass is 386 g/mol. The van der Waals surface area contributed by atoms with Gasteiger partial charge in [0, 0.05) is 24.5 Å². The number of para-hydroxylation sites is 2. The van der Waals surface area contributed by atoms with Crippen molar-refractivity contribution in [3.8, 4) is 11.4 Å². The summed E-state index contributed by atoms with van der Waals surface area (Å²) in [5, 5.41) is 17.9. The Morgan fingerprint density at radius 2 is 1.93 bits per heavy atom. The van der Waals surface area contributed by atoms with Crippen LogP contribution in [0, 0.1) is 10.1 Å². The zero-order valence-electron chi connectivity index (χ0n) is 14.1. The molecule has 0 aliphatic rings. The highest BCUT2D eigenvalue weighted by molar-refractivity contribution is 6.33. The summed E-state index contributed by atoms with van der Waals surface area (Å²) in [6.07, 6.45) is 1.02. The number of anilines is 1. The molecule has 0 fully saturated rings. The van der Waals surface area contributed by atoms with E-state index in [-0.39, 0.29) is 23.7 Å². The molecule has 1 amide bonds. The van der Waals surface area contributed by atoms with E-state index in [1.54, 1.807) is 24.3 Å². The largest absolute Gasteiger partial charge is 0.339 e. The van der Waals surface area contributed by atoms with Crippen LogP contribution in [0.3, 0.4) is 0 Å². The van der Waals surface area contributed by atoms with Crippen LogP contribution < -0.4 is 5.32 Å². The van der Waals surface area contributed by atoms with Crippen molar-refractivity contribution in [2.45, 2.75) is 19.3 Å². The van der Waals surface area contributed by atoms with Crippen LogP contribution in [0.4, 0.5) is 11.4 Å². The van der Waals surface area contributed by atoms with Crippen LogP contribution >= 0.6 is 11.6 Å². The molecule has 0 bridgehead atoms. The van der Waals surface area contributed by atoms with Gasteiger partial charge in [0.15, 0.2) is 0 Å². The van der Waals surface area contributed by atoms with Crippen molar-refractivity contribution in [2.24, 2.45) is 0 Å². The van der Waals surface area contributed by atoms with Gasteiger partial charge in [-0.05, 0) is 24.6 Å². The van der Waals surface area contributed by atoms with E-state index in [9.17, 15) is 14.9 Å². The number of carbonyl (C=O) groups is 1. The number of rotatable bonds is 7. The van der Waals surface area contributed by atoms with Gasteiger partial charge in [0.25, 0.3) is 5.69 Å². The van der Waals surface area contributed by atoms with Crippen LogP contribution in [-0.2, 0) is 11.2 Å². The normalized spacial score (nSPS) is 10.6. The van der Waals surface area contributed by atoms with Gasteiger partial charge in [-0.3, -0.25) is 14.9 Å². The number of aryl methyl sites for hydroxylation is 1. The third-order valence-corrected chi connectivity index (χ3v) is 4.08. The Morgan fingerprint density at radius 3 is 2.70 bits per heavy atom. The average molecular weight is 387 g/mol. The van der Waals surface area contributed by atoms with Gasteiger partial charge in [-0.2, -0.15) is 4.98 Å². The number of amides is 1. The zero-order valence-corrected chi connectivity index (χ0v) is 14.8. The Hall–Kier alpha value is -3.26.